The van der Waals surface area contributed by atoms with Crippen LogP contribution in [0.5, 0.6) is 0 Å². The van der Waals surface area contributed by atoms with Crippen molar-refractivity contribution in [1.82, 2.24) is 0 Å². The molecule has 112 valence electrons. The number of halogens is 7. The van der Waals surface area contributed by atoms with E-state index in [4.69, 9.17) is 11.6 Å². The standard InChI is InChI=1S/C14H7ClF6/c15-12-7-9(4-5-11(12)14(19,20)21)8-2-1-3-10(6-8)13(16,17)18/h1-7H. The summed E-state index contributed by atoms with van der Waals surface area (Å²) in [6.45, 7) is 0. The Kier molecular flexibility index (Phi) is 3.93. The van der Waals surface area contributed by atoms with Crippen molar-refractivity contribution >= 4 is 11.6 Å². The van der Waals surface area contributed by atoms with E-state index >= 15 is 0 Å². The highest BCUT2D eigenvalue weighted by molar-refractivity contribution is 6.31. The van der Waals surface area contributed by atoms with Gasteiger partial charge < -0.3 is 0 Å². The van der Waals surface area contributed by atoms with Gasteiger partial charge in [0, 0.05) is 0 Å². The predicted molar refractivity (Wildman–Crippen MR) is 66.9 cm³/mol. The fourth-order valence-electron chi connectivity index (χ4n) is 1.80. The first kappa shape index (κ1) is 15.7. The SMILES string of the molecule is FC(F)(F)c1cccc(-c2ccc(C(F)(F)F)c(Cl)c2)c1. The Morgan fingerprint density at radius 2 is 1.33 bits per heavy atom. The zero-order chi connectivity index (χ0) is 15.8. The van der Waals surface area contributed by atoms with Crippen LogP contribution in [0.15, 0.2) is 42.5 Å². The normalized spacial score (nSPS) is 12.5. The Bertz CT molecular complexity index is 657. The van der Waals surface area contributed by atoms with Gasteiger partial charge in [0.1, 0.15) is 0 Å². The summed E-state index contributed by atoms with van der Waals surface area (Å²) in [6, 6.07) is 7.13. The first-order valence-corrected chi connectivity index (χ1v) is 6.01. The first-order valence-electron chi connectivity index (χ1n) is 5.63. The molecule has 0 aliphatic carbocycles. The van der Waals surface area contributed by atoms with Gasteiger partial charge in [-0.15, -0.1) is 0 Å². The van der Waals surface area contributed by atoms with Gasteiger partial charge in [-0.3, -0.25) is 0 Å². The summed E-state index contributed by atoms with van der Waals surface area (Å²) in [5.74, 6) is 0. The molecule has 0 aliphatic rings. The smallest absolute Gasteiger partial charge is 0.166 e. The summed E-state index contributed by atoms with van der Waals surface area (Å²) in [7, 11) is 0. The second-order valence-corrected chi connectivity index (χ2v) is 4.68. The molecule has 0 aromatic heterocycles. The van der Waals surface area contributed by atoms with E-state index in [2.05, 4.69) is 0 Å². The van der Waals surface area contributed by atoms with E-state index in [-0.39, 0.29) is 11.1 Å². The van der Waals surface area contributed by atoms with Crippen LogP contribution in [0.25, 0.3) is 11.1 Å². The van der Waals surface area contributed by atoms with Gasteiger partial charge in [0.2, 0.25) is 0 Å². The van der Waals surface area contributed by atoms with Gasteiger partial charge in [-0.05, 0) is 35.4 Å². The molecule has 2 rings (SSSR count). The van der Waals surface area contributed by atoms with Crippen LogP contribution in [0.4, 0.5) is 26.3 Å². The van der Waals surface area contributed by atoms with Crippen molar-refractivity contribution < 1.29 is 26.3 Å². The van der Waals surface area contributed by atoms with Crippen LogP contribution < -0.4 is 0 Å². The lowest BCUT2D eigenvalue weighted by Gasteiger charge is -2.12. The summed E-state index contributed by atoms with van der Waals surface area (Å²) in [5, 5.41) is -0.558. The topological polar surface area (TPSA) is 0 Å². The molecule has 21 heavy (non-hydrogen) atoms. The van der Waals surface area contributed by atoms with Crippen molar-refractivity contribution in [3.63, 3.8) is 0 Å². The van der Waals surface area contributed by atoms with E-state index in [1.54, 1.807) is 0 Å². The molecule has 0 saturated heterocycles. The minimum Gasteiger partial charge on any atom is -0.166 e. The highest BCUT2D eigenvalue weighted by atomic mass is 35.5. The lowest BCUT2D eigenvalue weighted by atomic mass is 10.0. The van der Waals surface area contributed by atoms with E-state index in [1.165, 1.54) is 12.1 Å². The lowest BCUT2D eigenvalue weighted by molar-refractivity contribution is -0.138. The summed E-state index contributed by atoms with van der Waals surface area (Å²) in [6.07, 6.45) is -9.13. The second-order valence-electron chi connectivity index (χ2n) is 4.27. The maximum Gasteiger partial charge on any atom is 0.417 e. The van der Waals surface area contributed by atoms with Crippen molar-refractivity contribution in [2.45, 2.75) is 12.4 Å². The number of benzene rings is 2. The Hall–Kier alpha value is -1.69. The molecule has 0 amide bonds. The maximum atomic E-state index is 12.6. The molecule has 0 nitrogen and oxygen atoms in total. The van der Waals surface area contributed by atoms with E-state index in [0.717, 1.165) is 30.3 Å². The molecular formula is C14H7ClF6. The third kappa shape index (κ3) is 3.50. The summed E-state index contributed by atoms with van der Waals surface area (Å²) in [4.78, 5) is 0. The van der Waals surface area contributed by atoms with E-state index in [9.17, 15) is 26.3 Å². The molecule has 0 atom stereocenters. The number of rotatable bonds is 1. The molecule has 2 aromatic rings. The van der Waals surface area contributed by atoms with Crippen molar-refractivity contribution in [3.8, 4) is 11.1 Å². The predicted octanol–water partition coefficient (Wildman–Crippen LogP) is 6.04. The molecular weight excluding hydrogens is 318 g/mol. The maximum absolute atomic E-state index is 12.6. The van der Waals surface area contributed by atoms with Gasteiger partial charge in [0.05, 0.1) is 16.1 Å². The molecule has 7 heteroatoms. The molecule has 0 heterocycles. The number of hydrogen-bond acceptors (Lipinski definition) is 0. The van der Waals surface area contributed by atoms with Gasteiger partial charge in [0.15, 0.2) is 0 Å². The van der Waals surface area contributed by atoms with Gasteiger partial charge in [0.25, 0.3) is 0 Å². The Morgan fingerprint density at radius 3 is 1.86 bits per heavy atom. The second kappa shape index (κ2) is 5.26. The van der Waals surface area contributed by atoms with Gasteiger partial charge >= 0.3 is 12.4 Å². The van der Waals surface area contributed by atoms with Crippen LogP contribution in [-0.4, -0.2) is 0 Å². The van der Waals surface area contributed by atoms with Crippen LogP contribution in [0.3, 0.4) is 0 Å². The molecule has 2 aromatic carbocycles. The van der Waals surface area contributed by atoms with Crippen molar-refractivity contribution in [2.24, 2.45) is 0 Å². The van der Waals surface area contributed by atoms with Crippen LogP contribution >= 0.6 is 11.6 Å². The Morgan fingerprint density at radius 1 is 0.714 bits per heavy atom. The Labute approximate surface area is 121 Å². The lowest BCUT2D eigenvalue weighted by Crippen LogP contribution is -2.06. The van der Waals surface area contributed by atoms with Crippen molar-refractivity contribution in [3.05, 3.63) is 58.6 Å². The summed E-state index contributed by atoms with van der Waals surface area (Å²) >= 11 is 5.55. The van der Waals surface area contributed by atoms with E-state index in [0.29, 0.717) is 0 Å². The molecule has 0 fully saturated rings. The molecule has 0 spiro atoms. The highest BCUT2D eigenvalue weighted by Gasteiger charge is 2.33. The number of alkyl halides is 6. The largest absolute Gasteiger partial charge is 0.417 e. The van der Waals surface area contributed by atoms with Crippen molar-refractivity contribution in [1.29, 1.82) is 0 Å². The fraction of sp³-hybridized carbons (Fsp3) is 0.143. The zero-order valence-electron chi connectivity index (χ0n) is 10.2. The molecule has 0 bridgehead atoms. The van der Waals surface area contributed by atoms with Crippen molar-refractivity contribution in [2.75, 3.05) is 0 Å². The Balaban J connectivity index is 2.47. The third-order valence-corrected chi connectivity index (χ3v) is 3.11. The van der Waals surface area contributed by atoms with Gasteiger partial charge in [-0.2, -0.15) is 26.3 Å². The fourth-order valence-corrected chi connectivity index (χ4v) is 2.09. The van der Waals surface area contributed by atoms with Gasteiger partial charge in [-0.25, -0.2) is 0 Å². The molecule has 0 unspecified atom stereocenters. The van der Waals surface area contributed by atoms with Gasteiger partial charge in [-0.1, -0.05) is 29.8 Å². The van der Waals surface area contributed by atoms with Crippen LogP contribution in [0.2, 0.25) is 5.02 Å². The average Bonchev–Trinajstić information content (AvgIpc) is 2.36. The zero-order valence-corrected chi connectivity index (χ0v) is 10.9. The molecule has 0 radical (unpaired) electrons. The van der Waals surface area contributed by atoms with Crippen LogP contribution in [0, 0.1) is 0 Å². The average molecular weight is 325 g/mol. The highest BCUT2D eigenvalue weighted by Crippen LogP contribution is 2.38. The quantitative estimate of drug-likeness (QED) is 0.561. The first-order chi connectivity index (χ1) is 9.59. The summed E-state index contributed by atoms with van der Waals surface area (Å²) in [5.41, 5.74) is -1.59. The molecule has 0 N–H and O–H groups in total. The van der Waals surface area contributed by atoms with E-state index < -0.39 is 28.5 Å². The molecule has 0 aliphatic heterocycles. The van der Waals surface area contributed by atoms with Crippen LogP contribution in [-0.2, 0) is 12.4 Å². The summed E-state index contributed by atoms with van der Waals surface area (Å²) < 4.78 is 75.5. The number of hydrogen-bond donors (Lipinski definition) is 0. The monoisotopic (exact) mass is 324 g/mol. The third-order valence-electron chi connectivity index (χ3n) is 2.80. The minimum atomic E-state index is -4.61. The van der Waals surface area contributed by atoms with Crippen LogP contribution in [0.1, 0.15) is 11.1 Å². The van der Waals surface area contributed by atoms with E-state index in [1.807, 2.05) is 0 Å². The minimum absolute atomic E-state index is 0.139. The molecule has 0 saturated carbocycles.